The maximum atomic E-state index is 8.51. The first-order valence-corrected chi connectivity index (χ1v) is 6.82. The summed E-state index contributed by atoms with van der Waals surface area (Å²) >= 11 is 6.01. The van der Waals surface area contributed by atoms with Gasteiger partial charge in [-0.15, -0.1) is 0 Å². The van der Waals surface area contributed by atoms with Crippen molar-refractivity contribution in [3.63, 3.8) is 0 Å². The molecule has 2 nitrogen and oxygen atoms in total. The molecule has 0 atom stereocenters. The van der Waals surface area contributed by atoms with Gasteiger partial charge in [-0.2, -0.15) is 5.26 Å². The molecule has 3 heteroatoms. The summed E-state index contributed by atoms with van der Waals surface area (Å²) in [7, 11) is 0. The van der Waals surface area contributed by atoms with Crippen molar-refractivity contribution in [2.24, 2.45) is 0 Å². The van der Waals surface area contributed by atoms with E-state index in [4.69, 9.17) is 16.9 Å². The molecule has 0 unspecified atom stereocenters. The first-order valence-electron chi connectivity index (χ1n) is 6.44. The molecule has 0 radical (unpaired) electrons. The maximum Gasteiger partial charge on any atom is 0.0647 e. The summed E-state index contributed by atoms with van der Waals surface area (Å²) in [4.78, 5) is 3.12. The number of halogens is 1. The van der Waals surface area contributed by atoms with Crippen LogP contribution in [0.3, 0.4) is 0 Å². The Morgan fingerprint density at radius 3 is 2.50 bits per heavy atom. The van der Waals surface area contributed by atoms with E-state index in [0.717, 1.165) is 27.9 Å². The number of hydrogen-bond acceptors (Lipinski definition) is 1. The fourth-order valence-electron chi connectivity index (χ4n) is 1.57. The van der Waals surface area contributed by atoms with Crippen molar-refractivity contribution < 1.29 is 0 Å². The Bertz CT molecular complexity index is 495. The van der Waals surface area contributed by atoms with Gasteiger partial charge in [0.05, 0.1) is 16.6 Å². The van der Waals surface area contributed by atoms with Gasteiger partial charge < -0.3 is 4.98 Å². The van der Waals surface area contributed by atoms with E-state index >= 15 is 0 Å². The zero-order valence-electron chi connectivity index (χ0n) is 11.5. The van der Waals surface area contributed by atoms with Crippen LogP contribution in [0.15, 0.2) is 24.4 Å². The largest absolute Gasteiger partial charge is 0.360 e. The van der Waals surface area contributed by atoms with Crippen LogP contribution in [-0.2, 0) is 6.42 Å². The van der Waals surface area contributed by atoms with Gasteiger partial charge in [-0.25, -0.2) is 0 Å². The molecule has 1 heterocycles. The molecular weight excluding hydrogens is 244 g/mol. The van der Waals surface area contributed by atoms with Crippen LogP contribution in [0, 0.1) is 11.3 Å². The number of benzene rings is 1. The Morgan fingerprint density at radius 1 is 1.22 bits per heavy atom. The number of H-pyrrole nitrogens is 1. The van der Waals surface area contributed by atoms with Crippen LogP contribution in [0.4, 0.5) is 0 Å². The third-order valence-electron chi connectivity index (χ3n) is 2.26. The van der Waals surface area contributed by atoms with Crippen molar-refractivity contribution in [1.82, 2.24) is 4.98 Å². The smallest absolute Gasteiger partial charge is 0.0647 e. The number of aromatic amines is 1. The second-order valence-electron chi connectivity index (χ2n) is 3.13. The zero-order chi connectivity index (χ0) is 14.0. The summed E-state index contributed by atoms with van der Waals surface area (Å²) in [5, 5.41) is 10.4. The van der Waals surface area contributed by atoms with Crippen LogP contribution in [-0.4, -0.2) is 4.98 Å². The Hall–Kier alpha value is -1.46. The van der Waals surface area contributed by atoms with Gasteiger partial charge in [-0.05, 0) is 18.1 Å². The second-order valence-corrected chi connectivity index (χ2v) is 3.54. The van der Waals surface area contributed by atoms with Crippen molar-refractivity contribution in [1.29, 1.82) is 5.26 Å². The van der Waals surface area contributed by atoms with E-state index in [1.54, 1.807) is 0 Å². The van der Waals surface area contributed by atoms with Crippen molar-refractivity contribution in [3.05, 3.63) is 35.0 Å². The van der Waals surface area contributed by atoms with Crippen molar-refractivity contribution >= 4 is 22.5 Å². The van der Waals surface area contributed by atoms with Gasteiger partial charge in [0.2, 0.25) is 0 Å². The van der Waals surface area contributed by atoms with Crippen molar-refractivity contribution in [2.45, 2.75) is 40.5 Å². The predicted octanol–water partition coefficient (Wildman–Crippen LogP) is 5.33. The van der Waals surface area contributed by atoms with Crippen LogP contribution in [0.2, 0.25) is 5.02 Å². The van der Waals surface area contributed by atoms with E-state index < -0.39 is 0 Å². The molecule has 2 rings (SSSR count). The third-order valence-corrected chi connectivity index (χ3v) is 2.57. The Morgan fingerprint density at radius 2 is 1.89 bits per heavy atom. The molecule has 0 amide bonds. The van der Waals surface area contributed by atoms with Crippen LogP contribution in [0.25, 0.3) is 10.9 Å². The number of nitriles is 1. The number of aryl methyl sites for hydroxylation is 1. The highest BCUT2D eigenvalue weighted by Crippen LogP contribution is 2.25. The van der Waals surface area contributed by atoms with E-state index in [9.17, 15) is 0 Å². The van der Waals surface area contributed by atoms with Gasteiger partial charge in [-0.1, -0.05) is 51.4 Å². The van der Waals surface area contributed by atoms with Crippen molar-refractivity contribution in [3.8, 4) is 6.07 Å². The highest BCUT2D eigenvalue weighted by molar-refractivity contribution is 6.35. The molecule has 0 spiro atoms. The van der Waals surface area contributed by atoms with Crippen LogP contribution < -0.4 is 0 Å². The molecule has 0 aliphatic heterocycles. The van der Waals surface area contributed by atoms with Crippen LogP contribution in [0.1, 0.15) is 39.7 Å². The third kappa shape index (κ3) is 4.09. The minimum atomic E-state index is 0.541. The molecule has 1 N–H and O–H groups in total. The lowest BCUT2D eigenvalue weighted by molar-refractivity contribution is 1.02. The van der Waals surface area contributed by atoms with E-state index in [1.807, 2.05) is 52.1 Å². The lowest BCUT2D eigenvalue weighted by atomic mass is 10.1. The van der Waals surface area contributed by atoms with Crippen LogP contribution in [0.5, 0.6) is 0 Å². The minimum Gasteiger partial charge on any atom is -0.360 e. The molecule has 0 fully saturated rings. The van der Waals surface area contributed by atoms with Gasteiger partial charge in [0.1, 0.15) is 0 Å². The van der Waals surface area contributed by atoms with E-state index in [1.165, 1.54) is 0 Å². The molecule has 2 aromatic rings. The molecule has 1 aromatic carbocycles. The summed E-state index contributed by atoms with van der Waals surface area (Å²) in [6.07, 6.45) is 3.24. The Labute approximate surface area is 115 Å². The standard InChI is InChI=1S/C11H9ClN2.2C2H6/c12-10-5-1-4-9-8(3-2-6-13)7-14-11(9)10;2*1-2/h1,4-5,7,14H,2-3H2;2*1-2H3. The average Bonchev–Trinajstić information content (AvgIpc) is 2.86. The molecule has 0 saturated heterocycles. The Kier molecular flexibility index (Phi) is 8.78. The molecular formula is C15H21ClN2. The maximum absolute atomic E-state index is 8.51. The first kappa shape index (κ1) is 16.5. The summed E-state index contributed by atoms with van der Waals surface area (Å²) in [5.74, 6) is 0. The number of fused-ring (bicyclic) bond motifs is 1. The fourth-order valence-corrected chi connectivity index (χ4v) is 1.80. The fraction of sp³-hybridized carbons (Fsp3) is 0.400. The molecule has 98 valence electrons. The minimum absolute atomic E-state index is 0.541. The van der Waals surface area contributed by atoms with E-state index in [0.29, 0.717) is 6.42 Å². The number of para-hydroxylation sites is 1. The number of hydrogen-bond donors (Lipinski definition) is 1. The van der Waals surface area contributed by atoms with Gasteiger partial charge in [0, 0.05) is 18.0 Å². The highest BCUT2D eigenvalue weighted by atomic mass is 35.5. The van der Waals surface area contributed by atoms with Gasteiger partial charge >= 0.3 is 0 Å². The van der Waals surface area contributed by atoms with E-state index in [-0.39, 0.29) is 0 Å². The second kappa shape index (κ2) is 9.56. The normalized spacial score (nSPS) is 8.67. The molecule has 0 aliphatic carbocycles. The molecule has 0 aliphatic rings. The monoisotopic (exact) mass is 264 g/mol. The topological polar surface area (TPSA) is 39.6 Å². The van der Waals surface area contributed by atoms with Crippen molar-refractivity contribution in [2.75, 3.05) is 0 Å². The quantitative estimate of drug-likeness (QED) is 0.782. The Balaban J connectivity index is 0.000000659. The number of rotatable bonds is 2. The summed E-state index contributed by atoms with van der Waals surface area (Å²) in [6.45, 7) is 8.00. The van der Waals surface area contributed by atoms with Gasteiger partial charge in [0.25, 0.3) is 0 Å². The molecule has 0 saturated carbocycles. The SMILES string of the molecule is CC.CC.N#CCCc1c[nH]c2c(Cl)cccc12. The average molecular weight is 265 g/mol. The lowest BCUT2D eigenvalue weighted by Gasteiger charge is -1.95. The highest BCUT2D eigenvalue weighted by Gasteiger charge is 2.05. The lowest BCUT2D eigenvalue weighted by Crippen LogP contribution is -1.80. The summed E-state index contributed by atoms with van der Waals surface area (Å²) in [6, 6.07) is 7.94. The molecule has 1 aromatic heterocycles. The number of nitrogens with one attached hydrogen (secondary N) is 1. The molecule has 18 heavy (non-hydrogen) atoms. The predicted molar refractivity (Wildman–Crippen MR) is 79.9 cm³/mol. The number of aromatic nitrogens is 1. The number of nitrogens with zero attached hydrogens (tertiary/aromatic N) is 1. The molecule has 0 bridgehead atoms. The van der Waals surface area contributed by atoms with E-state index in [2.05, 4.69) is 11.1 Å². The van der Waals surface area contributed by atoms with Gasteiger partial charge in [0.15, 0.2) is 0 Å². The van der Waals surface area contributed by atoms with Gasteiger partial charge in [-0.3, -0.25) is 0 Å². The summed E-state index contributed by atoms with van der Waals surface area (Å²) < 4.78 is 0. The zero-order valence-corrected chi connectivity index (χ0v) is 12.3. The first-order chi connectivity index (χ1) is 8.83. The van der Waals surface area contributed by atoms with Crippen LogP contribution >= 0.6 is 11.6 Å². The summed E-state index contributed by atoms with van der Waals surface area (Å²) in [5.41, 5.74) is 2.12.